The van der Waals surface area contributed by atoms with E-state index in [-0.39, 0.29) is 5.75 Å². The van der Waals surface area contributed by atoms with E-state index in [1.807, 2.05) is 60.9 Å². The highest BCUT2D eigenvalue weighted by atomic mass is 35.5. The minimum absolute atomic E-state index is 0.223. The fraction of sp³-hybridized carbons (Fsp3) is 0.143. The number of fused-ring (bicyclic) bond motifs is 3. The average Bonchev–Trinajstić information content (AvgIpc) is 2.65. The quantitative estimate of drug-likeness (QED) is 0.590. The summed E-state index contributed by atoms with van der Waals surface area (Å²) in [4.78, 5) is 1.10. The molecule has 1 aliphatic rings. The number of sulfonamides is 1. The van der Waals surface area contributed by atoms with Gasteiger partial charge in [-0.15, -0.1) is 11.8 Å². The van der Waals surface area contributed by atoms with Crippen LogP contribution in [0.15, 0.2) is 65.6 Å². The molecular formula is C21H18ClNO3S2. The maximum absolute atomic E-state index is 11.6. The van der Waals surface area contributed by atoms with Gasteiger partial charge < -0.3 is 4.74 Å². The molecule has 0 saturated carbocycles. The van der Waals surface area contributed by atoms with Gasteiger partial charge in [0.25, 0.3) is 0 Å². The van der Waals surface area contributed by atoms with Crippen molar-refractivity contribution in [3.63, 3.8) is 0 Å². The largest absolute Gasteiger partial charge is 0.480 e. The molecule has 0 aromatic heterocycles. The maximum Gasteiger partial charge on any atom is 0.213 e. The first-order valence-electron chi connectivity index (χ1n) is 8.58. The molecule has 3 aromatic carbocycles. The summed E-state index contributed by atoms with van der Waals surface area (Å²) < 4.78 is 29.6. The zero-order valence-electron chi connectivity index (χ0n) is 15.1. The van der Waals surface area contributed by atoms with E-state index in [0.29, 0.717) is 10.6 Å². The minimum Gasteiger partial charge on any atom is -0.480 e. The third kappa shape index (κ3) is 3.78. The van der Waals surface area contributed by atoms with Crippen molar-refractivity contribution in [2.45, 2.75) is 16.8 Å². The topological polar surface area (TPSA) is 69.4 Å². The number of hydrogen-bond acceptors (Lipinski definition) is 4. The first-order valence-corrected chi connectivity index (χ1v) is 11.9. The number of benzene rings is 3. The summed E-state index contributed by atoms with van der Waals surface area (Å²) in [6, 6.07) is 19.1. The van der Waals surface area contributed by atoms with Crippen LogP contribution >= 0.6 is 23.4 Å². The van der Waals surface area contributed by atoms with Crippen molar-refractivity contribution >= 4 is 33.4 Å². The molecule has 0 amide bonds. The SMILES string of the molecule is CSc1cccc2c1-c1ccc(CS(N)(=O)=O)cc1C(c1cccc(Cl)c1)O2. The molecule has 0 fully saturated rings. The van der Waals surface area contributed by atoms with Gasteiger partial charge in [-0.3, -0.25) is 0 Å². The van der Waals surface area contributed by atoms with Crippen molar-refractivity contribution in [3.8, 4) is 16.9 Å². The predicted octanol–water partition coefficient (Wildman–Crippen LogP) is 5.00. The third-order valence-corrected chi connectivity index (χ3v) is 6.39. The second-order valence-electron chi connectivity index (χ2n) is 6.62. The fourth-order valence-electron chi connectivity index (χ4n) is 3.53. The van der Waals surface area contributed by atoms with Gasteiger partial charge in [-0.2, -0.15) is 0 Å². The van der Waals surface area contributed by atoms with Crippen LogP contribution in [0.1, 0.15) is 22.8 Å². The van der Waals surface area contributed by atoms with E-state index in [0.717, 1.165) is 32.9 Å². The summed E-state index contributed by atoms with van der Waals surface area (Å²) in [6.45, 7) is 0. The molecule has 0 radical (unpaired) electrons. The Balaban J connectivity index is 1.93. The molecule has 1 unspecified atom stereocenters. The van der Waals surface area contributed by atoms with Gasteiger partial charge in [0.2, 0.25) is 10.0 Å². The molecule has 4 rings (SSSR count). The first kappa shape index (κ1) is 19.3. The van der Waals surface area contributed by atoms with Gasteiger partial charge in [0.1, 0.15) is 11.9 Å². The standard InChI is InChI=1S/C21H18ClNO3S2/c1-27-19-7-3-6-18-20(19)16-9-8-13(12-28(23,24)25)10-17(16)21(26-18)14-4-2-5-15(22)11-14/h2-11,21H,12H2,1H3,(H2,23,24,25). The molecule has 0 saturated heterocycles. The van der Waals surface area contributed by atoms with Crippen LogP contribution < -0.4 is 9.88 Å². The van der Waals surface area contributed by atoms with E-state index >= 15 is 0 Å². The smallest absolute Gasteiger partial charge is 0.213 e. The molecule has 1 heterocycles. The fourth-order valence-corrected chi connectivity index (χ4v) is 5.00. The minimum atomic E-state index is -3.63. The lowest BCUT2D eigenvalue weighted by atomic mass is 9.88. The Kier molecular flexibility index (Phi) is 5.14. The molecule has 1 atom stereocenters. The second-order valence-corrected chi connectivity index (χ2v) is 9.51. The molecule has 0 spiro atoms. The Morgan fingerprint density at radius 1 is 1.11 bits per heavy atom. The predicted molar refractivity (Wildman–Crippen MR) is 114 cm³/mol. The molecule has 28 heavy (non-hydrogen) atoms. The number of nitrogens with two attached hydrogens (primary N) is 1. The first-order chi connectivity index (χ1) is 13.4. The summed E-state index contributed by atoms with van der Waals surface area (Å²) >= 11 is 7.85. The van der Waals surface area contributed by atoms with Crippen molar-refractivity contribution in [2.75, 3.05) is 6.26 Å². The third-order valence-electron chi connectivity index (χ3n) is 4.64. The van der Waals surface area contributed by atoms with Crippen LogP contribution in [0, 0.1) is 0 Å². The van der Waals surface area contributed by atoms with Gasteiger partial charge in [-0.25, -0.2) is 13.6 Å². The van der Waals surface area contributed by atoms with Crippen LogP contribution in [0.4, 0.5) is 0 Å². The molecule has 0 aliphatic carbocycles. The van der Waals surface area contributed by atoms with Crippen LogP contribution in [0.25, 0.3) is 11.1 Å². The summed E-state index contributed by atoms with van der Waals surface area (Å²) in [7, 11) is -3.63. The maximum atomic E-state index is 11.6. The van der Waals surface area contributed by atoms with Crippen molar-refractivity contribution in [3.05, 3.63) is 82.4 Å². The monoisotopic (exact) mass is 431 g/mol. The molecule has 3 aromatic rings. The Morgan fingerprint density at radius 2 is 1.89 bits per heavy atom. The summed E-state index contributed by atoms with van der Waals surface area (Å²) in [5, 5.41) is 5.87. The zero-order chi connectivity index (χ0) is 19.9. The Bertz CT molecular complexity index is 1160. The summed E-state index contributed by atoms with van der Waals surface area (Å²) in [5.74, 6) is 0.572. The van der Waals surface area contributed by atoms with E-state index in [9.17, 15) is 8.42 Å². The molecule has 0 bridgehead atoms. The lowest BCUT2D eigenvalue weighted by Gasteiger charge is -2.31. The Morgan fingerprint density at radius 3 is 2.61 bits per heavy atom. The molecule has 1 aliphatic heterocycles. The van der Waals surface area contributed by atoms with Gasteiger partial charge in [0, 0.05) is 21.0 Å². The van der Waals surface area contributed by atoms with Gasteiger partial charge in [0.05, 0.1) is 5.75 Å². The Labute approximate surface area is 173 Å². The number of thioether (sulfide) groups is 1. The normalized spacial score (nSPS) is 15.5. The van der Waals surface area contributed by atoms with Crippen molar-refractivity contribution in [1.29, 1.82) is 0 Å². The van der Waals surface area contributed by atoms with Crippen molar-refractivity contribution < 1.29 is 13.2 Å². The molecule has 4 nitrogen and oxygen atoms in total. The van der Waals surface area contributed by atoms with E-state index in [1.165, 1.54) is 0 Å². The lowest BCUT2D eigenvalue weighted by molar-refractivity contribution is 0.243. The number of halogens is 1. The highest BCUT2D eigenvalue weighted by molar-refractivity contribution is 7.98. The second kappa shape index (κ2) is 7.44. The highest BCUT2D eigenvalue weighted by Crippen LogP contribution is 2.48. The van der Waals surface area contributed by atoms with Gasteiger partial charge in [0.15, 0.2) is 0 Å². The van der Waals surface area contributed by atoms with E-state index in [1.54, 1.807) is 11.8 Å². The van der Waals surface area contributed by atoms with Gasteiger partial charge in [-0.1, -0.05) is 48.0 Å². The average molecular weight is 432 g/mol. The van der Waals surface area contributed by atoms with Gasteiger partial charge >= 0.3 is 0 Å². The van der Waals surface area contributed by atoms with Crippen molar-refractivity contribution in [1.82, 2.24) is 0 Å². The van der Waals surface area contributed by atoms with E-state index in [2.05, 4.69) is 6.07 Å². The summed E-state index contributed by atoms with van der Waals surface area (Å²) in [5.41, 5.74) is 4.47. The number of rotatable bonds is 4. The number of hydrogen-bond donors (Lipinski definition) is 1. The van der Waals surface area contributed by atoms with Crippen LogP contribution in [0.2, 0.25) is 5.02 Å². The van der Waals surface area contributed by atoms with E-state index in [4.69, 9.17) is 21.5 Å². The van der Waals surface area contributed by atoms with Crippen LogP contribution in [0.3, 0.4) is 0 Å². The van der Waals surface area contributed by atoms with Crippen molar-refractivity contribution in [2.24, 2.45) is 5.14 Å². The van der Waals surface area contributed by atoms with Crippen LogP contribution in [0.5, 0.6) is 5.75 Å². The van der Waals surface area contributed by atoms with E-state index < -0.39 is 16.1 Å². The molecule has 7 heteroatoms. The van der Waals surface area contributed by atoms with Gasteiger partial charge in [-0.05, 0) is 47.2 Å². The number of ether oxygens (including phenoxy) is 1. The molecule has 2 N–H and O–H groups in total. The van der Waals surface area contributed by atoms with Crippen LogP contribution in [-0.4, -0.2) is 14.7 Å². The molecular weight excluding hydrogens is 414 g/mol. The summed E-state index contributed by atoms with van der Waals surface area (Å²) in [6.07, 6.45) is 1.63. The Hall–Kier alpha value is -1.99. The zero-order valence-corrected chi connectivity index (χ0v) is 17.4. The highest BCUT2D eigenvalue weighted by Gasteiger charge is 2.29. The van der Waals surface area contributed by atoms with Crippen LogP contribution in [-0.2, 0) is 15.8 Å². The lowest BCUT2D eigenvalue weighted by Crippen LogP contribution is -2.18. The number of primary sulfonamides is 1. The molecule has 144 valence electrons.